The molecule has 1 N–H and O–H groups in total. The maximum atomic E-state index is 12.4. The third kappa shape index (κ3) is 4.66. The Bertz CT molecular complexity index is 856. The molecule has 1 fully saturated rings. The number of carbonyl (C=O) groups excluding carboxylic acids is 2. The fraction of sp³-hybridized carbons (Fsp3) is 0.167. The number of anilines is 1. The van der Waals surface area contributed by atoms with Crippen LogP contribution in [0, 0.1) is 0 Å². The first-order valence-electron chi connectivity index (χ1n) is 7.76. The minimum absolute atomic E-state index is 0.0868. The quantitative estimate of drug-likeness (QED) is 0.732. The van der Waals surface area contributed by atoms with Gasteiger partial charge in [-0.15, -0.1) is 0 Å². The molecule has 2 aromatic rings. The molecular weight excluding hydrogens is 438 g/mol. The predicted octanol–water partition coefficient (Wildman–Crippen LogP) is 4.69. The van der Waals surface area contributed by atoms with Crippen molar-refractivity contribution in [1.82, 2.24) is 4.90 Å². The van der Waals surface area contributed by atoms with Crippen molar-refractivity contribution in [2.45, 2.75) is 11.7 Å². The number of hydrogen-bond acceptors (Lipinski definition) is 4. The number of hydrogen-bond donors (Lipinski definition) is 1. The molecule has 1 aliphatic rings. The fourth-order valence-electron chi connectivity index (χ4n) is 2.34. The zero-order chi connectivity index (χ0) is 18.7. The monoisotopic (exact) mass is 451 g/mol. The summed E-state index contributed by atoms with van der Waals surface area (Å²) < 4.78 is 0.932. The van der Waals surface area contributed by atoms with Gasteiger partial charge in [0.15, 0.2) is 5.17 Å². The van der Waals surface area contributed by atoms with E-state index in [2.05, 4.69) is 26.2 Å². The van der Waals surface area contributed by atoms with Crippen molar-refractivity contribution < 1.29 is 9.59 Å². The molecule has 134 valence electrons. The maximum Gasteiger partial charge on any atom is 0.242 e. The van der Waals surface area contributed by atoms with Gasteiger partial charge in [-0.05, 0) is 48.5 Å². The van der Waals surface area contributed by atoms with E-state index >= 15 is 0 Å². The van der Waals surface area contributed by atoms with Gasteiger partial charge < -0.3 is 5.32 Å². The third-order valence-electron chi connectivity index (χ3n) is 3.69. The van der Waals surface area contributed by atoms with E-state index in [0.29, 0.717) is 21.6 Å². The summed E-state index contributed by atoms with van der Waals surface area (Å²) in [6.07, 6.45) is 0.0868. The third-order valence-corrected chi connectivity index (χ3v) is 5.70. The van der Waals surface area contributed by atoms with Crippen molar-refractivity contribution in [2.24, 2.45) is 4.99 Å². The number of thioether (sulfide) groups is 1. The second-order valence-corrected chi connectivity index (χ2v) is 8.16. The molecule has 0 spiro atoms. The number of nitrogens with zero attached hydrogens (tertiary/aromatic N) is 2. The number of carbonyl (C=O) groups is 2. The van der Waals surface area contributed by atoms with Crippen LogP contribution in [-0.2, 0) is 9.59 Å². The van der Waals surface area contributed by atoms with Gasteiger partial charge in [0.25, 0.3) is 0 Å². The predicted molar refractivity (Wildman–Crippen MR) is 110 cm³/mol. The Balaban J connectivity index is 1.65. The number of amidine groups is 1. The van der Waals surface area contributed by atoms with E-state index in [4.69, 9.17) is 11.6 Å². The van der Waals surface area contributed by atoms with Crippen LogP contribution in [0.2, 0.25) is 5.02 Å². The molecule has 1 saturated heterocycles. The molecule has 1 unspecified atom stereocenters. The first-order chi connectivity index (χ1) is 12.4. The molecule has 0 aromatic heterocycles. The highest BCUT2D eigenvalue weighted by Crippen LogP contribution is 2.31. The number of aliphatic imine (C=N–C) groups is 1. The number of halogens is 2. The summed E-state index contributed by atoms with van der Waals surface area (Å²) in [5.41, 5.74) is 1.40. The summed E-state index contributed by atoms with van der Waals surface area (Å²) in [6.45, 7) is 0. The average molecular weight is 453 g/mol. The van der Waals surface area contributed by atoms with Crippen LogP contribution in [0.1, 0.15) is 6.42 Å². The van der Waals surface area contributed by atoms with Gasteiger partial charge in [-0.3, -0.25) is 14.5 Å². The lowest BCUT2D eigenvalue weighted by Crippen LogP contribution is -2.30. The Morgan fingerprint density at radius 3 is 2.54 bits per heavy atom. The van der Waals surface area contributed by atoms with Crippen molar-refractivity contribution in [3.8, 4) is 0 Å². The Hall–Kier alpha value is -1.83. The van der Waals surface area contributed by atoms with Crippen molar-refractivity contribution in [3.63, 3.8) is 0 Å². The SMILES string of the molecule is CN1C(=O)C(CC(=O)Nc2ccc(Br)cc2)SC1=Nc1ccc(Cl)cc1. The van der Waals surface area contributed by atoms with E-state index in [-0.39, 0.29) is 18.2 Å². The van der Waals surface area contributed by atoms with Gasteiger partial charge >= 0.3 is 0 Å². The van der Waals surface area contributed by atoms with Crippen LogP contribution in [0.5, 0.6) is 0 Å². The van der Waals surface area contributed by atoms with Gasteiger partial charge in [-0.1, -0.05) is 39.3 Å². The summed E-state index contributed by atoms with van der Waals surface area (Å²) in [4.78, 5) is 30.6. The Morgan fingerprint density at radius 1 is 1.23 bits per heavy atom. The first kappa shape index (κ1) is 18.9. The second kappa shape index (κ2) is 8.24. The molecule has 2 amide bonds. The molecule has 0 aliphatic carbocycles. The Kier molecular flexibility index (Phi) is 6.01. The van der Waals surface area contributed by atoms with E-state index in [1.807, 2.05) is 12.1 Å². The topological polar surface area (TPSA) is 61.8 Å². The molecule has 0 bridgehead atoms. The van der Waals surface area contributed by atoms with E-state index in [1.54, 1.807) is 43.4 Å². The summed E-state index contributed by atoms with van der Waals surface area (Å²) in [5, 5.41) is 3.51. The van der Waals surface area contributed by atoms with E-state index in [1.165, 1.54) is 16.7 Å². The Morgan fingerprint density at radius 2 is 1.88 bits per heavy atom. The lowest BCUT2D eigenvalue weighted by Gasteiger charge is -2.09. The smallest absolute Gasteiger partial charge is 0.242 e. The highest BCUT2D eigenvalue weighted by atomic mass is 79.9. The maximum absolute atomic E-state index is 12.4. The molecule has 3 rings (SSSR count). The summed E-state index contributed by atoms with van der Waals surface area (Å²) in [7, 11) is 1.66. The molecular formula is C18H15BrClN3O2S. The number of benzene rings is 2. The van der Waals surface area contributed by atoms with Crippen LogP contribution < -0.4 is 5.32 Å². The lowest BCUT2D eigenvalue weighted by atomic mass is 10.2. The van der Waals surface area contributed by atoms with E-state index < -0.39 is 5.25 Å². The van der Waals surface area contributed by atoms with E-state index in [9.17, 15) is 9.59 Å². The van der Waals surface area contributed by atoms with Crippen LogP contribution in [0.4, 0.5) is 11.4 Å². The van der Waals surface area contributed by atoms with Crippen molar-refractivity contribution in [3.05, 3.63) is 58.0 Å². The van der Waals surface area contributed by atoms with E-state index in [0.717, 1.165) is 4.47 Å². The van der Waals surface area contributed by atoms with Crippen LogP contribution in [0.15, 0.2) is 58.0 Å². The molecule has 1 heterocycles. The van der Waals surface area contributed by atoms with Gasteiger partial charge in [-0.2, -0.15) is 0 Å². The standard InChI is InChI=1S/C18H15BrClN3O2S/c1-23-17(25)15(10-16(24)21-13-6-2-11(19)3-7-13)26-18(23)22-14-8-4-12(20)5-9-14/h2-9,15H,10H2,1H3,(H,21,24). The summed E-state index contributed by atoms with van der Waals surface area (Å²) >= 11 is 10.5. The Labute approximate surface area is 168 Å². The summed E-state index contributed by atoms with van der Waals surface area (Å²) in [5.74, 6) is -0.340. The first-order valence-corrected chi connectivity index (χ1v) is 9.81. The van der Waals surface area contributed by atoms with Gasteiger partial charge in [0, 0.05) is 28.7 Å². The molecule has 0 radical (unpaired) electrons. The zero-order valence-corrected chi connectivity index (χ0v) is 16.9. The van der Waals surface area contributed by atoms with Gasteiger partial charge in [0.05, 0.1) is 5.69 Å². The number of rotatable bonds is 4. The lowest BCUT2D eigenvalue weighted by molar-refractivity contribution is -0.127. The molecule has 0 saturated carbocycles. The second-order valence-electron chi connectivity index (χ2n) is 5.63. The van der Waals surface area contributed by atoms with Crippen molar-refractivity contribution in [2.75, 3.05) is 12.4 Å². The molecule has 2 aromatic carbocycles. The summed E-state index contributed by atoms with van der Waals surface area (Å²) in [6, 6.07) is 14.3. The fourth-order valence-corrected chi connectivity index (χ4v) is 3.88. The van der Waals surface area contributed by atoms with Crippen molar-refractivity contribution in [1.29, 1.82) is 0 Å². The van der Waals surface area contributed by atoms with Crippen LogP contribution in [0.25, 0.3) is 0 Å². The highest BCUT2D eigenvalue weighted by molar-refractivity contribution is 9.10. The van der Waals surface area contributed by atoms with Gasteiger partial charge in [0.2, 0.25) is 11.8 Å². The average Bonchev–Trinajstić information content (AvgIpc) is 2.87. The van der Waals surface area contributed by atoms with Crippen molar-refractivity contribution >= 4 is 67.6 Å². The zero-order valence-electron chi connectivity index (χ0n) is 13.8. The molecule has 1 aliphatic heterocycles. The molecule has 8 heteroatoms. The molecule has 26 heavy (non-hydrogen) atoms. The minimum Gasteiger partial charge on any atom is -0.326 e. The minimum atomic E-state index is -0.485. The van der Waals surface area contributed by atoms with Gasteiger partial charge in [-0.25, -0.2) is 4.99 Å². The highest BCUT2D eigenvalue weighted by Gasteiger charge is 2.36. The van der Waals surface area contributed by atoms with Crippen LogP contribution in [-0.4, -0.2) is 34.2 Å². The van der Waals surface area contributed by atoms with Crippen LogP contribution in [0.3, 0.4) is 0 Å². The number of nitrogens with one attached hydrogen (secondary N) is 1. The molecule has 1 atom stereocenters. The largest absolute Gasteiger partial charge is 0.326 e. The number of amides is 2. The van der Waals surface area contributed by atoms with Gasteiger partial charge in [0.1, 0.15) is 5.25 Å². The van der Waals surface area contributed by atoms with Crippen LogP contribution >= 0.6 is 39.3 Å². The molecule has 5 nitrogen and oxygen atoms in total. The normalized spacial score (nSPS) is 18.4.